The van der Waals surface area contributed by atoms with Gasteiger partial charge in [0.25, 0.3) is 0 Å². The summed E-state index contributed by atoms with van der Waals surface area (Å²) in [7, 11) is 0. The maximum atomic E-state index is 12.9. The van der Waals surface area contributed by atoms with Gasteiger partial charge in [-0.25, -0.2) is 0 Å². The van der Waals surface area contributed by atoms with E-state index in [1.165, 1.54) is 0 Å². The molecule has 12 atom stereocenters. The number of aliphatic hydroxyl groups excluding tert-OH is 2. The standard InChI is InChI=1S/C30H46O7/c1-15(2)16-12-20(32)30(25(35)36)11-10-27(5)17(23(16)30)13-18(31)24-28(27,6)9-8-19-26(3,4)37-21(14-22(33)34)29(19,24)7/h16-21,23-24,31-32H,1,8-14H2,2-7H3,(H,33,34)(H,35,36). The highest BCUT2D eigenvalue weighted by atomic mass is 16.5. The highest BCUT2D eigenvalue weighted by Crippen LogP contribution is 2.77. The van der Waals surface area contributed by atoms with Gasteiger partial charge >= 0.3 is 11.9 Å². The van der Waals surface area contributed by atoms with Crippen molar-refractivity contribution in [2.45, 2.75) is 110 Å². The van der Waals surface area contributed by atoms with E-state index in [9.17, 15) is 30.0 Å². The van der Waals surface area contributed by atoms with Crippen LogP contribution >= 0.6 is 0 Å². The van der Waals surface area contributed by atoms with E-state index in [0.29, 0.717) is 25.7 Å². The first-order chi connectivity index (χ1) is 17.0. The fraction of sp³-hybridized carbons (Fsp3) is 0.867. The van der Waals surface area contributed by atoms with Crippen LogP contribution in [0.4, 0.5) is 0 Å². The first-order valence-electron chi connectivity index (χ1n) is 14.1. The summed E-state index contributed by atoms with van der Waals surface area (Å²) in [6, 6.07) is 0. The number of aliphatic carboxylic acids is 2. The second-order valence-corrected chi connectivity index (χ2v) is 14.6. The molecule has 4 N–H and O–H groups in total. The van der Waals surface area contributed by atoms with Gasteiger partial charge in [-0.3, -0.25) is 9.59 Å². The SMILES string of the molecule is C=C(C)C1CC(O)C2(C(=O)O)CCC3(C)C(CC(O)C4C5(C)C(CC(=O)O)OC(C)(C)C5CCC43C)C12. The Morgan fingerprint density at radius 3 is 2.19 bits per heavy atom. The molecule has 7 nitrogen and oxygen atoms in total. The number of fused-ring (bicyclic) bond motifs is 7. The number of rotatable bonds is 4. The number of carboxylic acid groups (broad SMARTS) is 2. The molecule has 208 valence electrons. The van der Waals surface area contributed by atoms with E-state index >= 15 is 0 Å². The monoisotopic (exact) mass is 518 g/mol. The van der Waals surface area contributed by atoms with Crippen molar-refractivity contribution in [1.82, 2.24) is 0 Å². The number of carbonyl (C=O) groups is 2. The van der Waals surface area contributed by atoms with Crippen LogP contribution in [0.15, 0.2) is 12.2 Å². The Balaban J connectivity index is 1.64. The lowest BCUT2D eigenvalue weighted by atomic mass is 9.33. The number of hydrogen-bond acceptors (Lipinski definition) is 5. The minimum absolute atomic E-state index is 0.0825. The Bertz CT molecular complexity index is 1020. The number of allylic oxidation sites excluding steroid dienone is 1. The van der Waals surface area contributed by atoms with E-state index in [4.69, 9.17) is 4.74 Å². The van der Waals surface area contributed by atoms with Gasteiger partial charge in [-0.1, -0.05) is 32.9 Å². The number of hydrogen-bond donors (Lipinski definition) is 4. The molecule has 7 heteroatoms. The molecule has 5 fully saturated rings. The maximum absolute atomic E-state index is 12.9. The Morgan fingerprint density at radius 2 is 1.62 bits per heavy atom. The predicted octanol–water partition coefficient (Wildman–Crippen LogP) is 4.50. The lowest BCUT2D eigenvalue weighted by Crippen LogP contribution is -2.69. The van der Waals surface area contributed by atoms with Crippen LogP contribution in [0.1, 0.15) is 86.5 Å². The predicted molar refractivity (Wildman–Crippen MR) is 138 cm³/mol. The molecule has 1 aliphatic heterocycles. The van der Waals surface area contributed by atoms with Crippen LogP contribution in [0.5, 0.6) is 0 Å². The zero-order chi connectivity index (χ0) is 27.5. The van der Waals surface area contributed by atoms with E-state index < -0.39 is 46.7 Å². The molecule has 0 amide bonds. The van der Waals surface area contributed by atoms with Gasteiger partial charge in [0.2, 0.25) is 0 Å². The minimum Gasteiger partial charge on any atom is -0.481 e. The molecule has 5 aliphatic rings. The number of carboxylic acids is 2. The minimum atomic E-state index is -1.22. The summed E-state index contributed by atoms with van der Waals surface area (Å²) in [5, 5.41) is 43.5. The normalized spacial score (nSPS) is 53.9. The number of aliphatic hydroxyl groups is 2. The summed E-state index contributed by atoms with van der Waals surface area (Å²) in [6.45, 7) is 17.0. The van der Waals surface area contributed by atoms with Crippen molar-refractivity contribution in [3.8, 4) is 0 Å². The first kappa shape index (κ1) is 27.1. The Kier molecular flexibility index (Phi) is 5.90. The molecule has 0 bridgehead atoms. The molecule has 37 heavy (non-hydrogen) atoms. The number of ether oxygens (including phenoxy) is 1. The summed E-state index contributed by atoms with van der Waals surface area (Å²) in [6.07, 6.45) is 1.45. The molecule has 4 saturated carbocycles. The zero-order valence-corrected chi connectivity index (χ0v) is 23.3. The van der Waals surface area contributed by atoms with Crippen LogP contribution in [0.3, 0.4) is 0 Å². The molecular formula is C30H46O7. The van der Waals surface area contributed by atoms with Crippen molar-refractivity contribution >= 4 is 11.9 Å². The van der Waals surface area contributed by atoms with Crippen LogP contribution in [0, 0.1) is 51.2 Å². The lowest BCUT2D eigenvalue weighted by Gasteiger charge is -2.71. The second-order valence-electron chi connectivity index (χ2n) is 14.6. The highest BCUT2D eigenvalue weighted by Gasteiger charge is 2.76. The second kappa shape index (κ2) is 8.04. The van der Waals surface area contributed by atoms with Crippen molar-refractivity contribution in [3.05, 3.63) is 12.2 Å². The molecule has 1 saturated heterocycles. The van der Waals surface area contributed by atoms with E-state index in [1.807, 2.05) is 6.92 Å². The van der Waals surface area contributed by atoms with Gasteiger partial charge in [0.1, 0.15) is 0 Å². The Morgan fingerprint density at radius 1 is 0.973 bits per heavy atom. The van der Waals surface area contributed by atoms with E-state index in [1.54, 1.807) is 0 Å². The Hall–Kier alpha value is -1.44. The fourth-order valence-corrected chi connectivity index (χ4v) is 11.4. The topological polar surface area (TPSA) is 124 Å². The van der Waals surface area contributed by atoms with Gasteiger partial charge in [-0.2, -0.15) is 0 Å². The van der Waals surface area contributed by atoms with Crippen LogP contribution in [0.2, 0.25) is 0 Å². The van der Waals surface area contributed by atoms with E-state index in [0.717, 1.165) is 18.4 Å². The first-order valence-corrected chi connectivity index (χ1v) is 14.1. The van der Waals surface area contributed by atoms with E-state index in [-0.39, 0.29) is 46.8 Å². The third kappa shape index (κ3) is 3.17. The highest BCUT2D eigenvalue weighted by molar-refractivity contribution is 5.77. The van der Waals surface area contributed by atoms with Crippen molar-refractivity contribution in [2.75, 3.05) is 0 Å². The van der Waals surface area contributed by atoms with Gasteiger partial charge in [0, 0.05) is 5.41 Å². The third-order valence-corrected chi connectivity index (χ3v) is 13.0. The molecule has 0 aromatic heterocycles. The van der Waals surface area contributed by atoms with Crippen molar-refractivity contribution in [1.29, 1.82) is 0 Å². The summed E-state index contributed by atoms with van der Waals surface area (Å²) in [5.74, 6) is -2.35. The van der Waals surface area contributed by atoms with Crippen LogP contribution in [-0.2, 0) is 14.3 Å². The third-order valence-electron chi connectivity index (χ3n) is 13.0. The van der Waals surface area contributed by atoms with Crippen molar-refractivity contribution in [2.24, 2.45) is 51.2 Å². The smallest absolute Gasteiger partial charge is 0.312 e. The Labute approximate surface area is 220 Å². The van der Waals surface area contributed by atoms with E-state index in [2.05, 4.69) is 41.2 Å². The summed E-state index contributed by atoms with van der Waals surface area (Å²) in [4.78, 5) is 24.8. The molecular weight excluding hydrogens is 472 g/mol. The zero-order valence-electron chi connectivity index (χ0n) is 23.3. The summed E-state index contributed by atoms with van der Waals surface area (Å²) >= 11 is 0. The molecule has 5 rings (SSSR count). The summed E-state index contributed by atoms with van der Waals surface area (Å²) in [5.41, 5.74) is -1.93. The molecule has 12 unspecified atom stereocenters. The van der Waals surface area contributed by atoms with Gasteiger partial charge in [-0.05, 0) is 99.7 Å². The molecule has 4 aliphatic carbocycles. The molecule has 1 heterocycles. The van der Waals surface area contributed by atoms with Crippen LogP contribution in [-0.4, -0.2) is 56.3 Å². The molecule has 0 aromatic rings. The van der Waals surface area contributed by atoms with Gasteiger partial charge in [0.05, 0.1) is 35.7 Å². The maximum Gasteiger partial charge on any atom is 0.312 e. The summed E-state index contributed by atoms with van der Waals surface area (Å²) < 4.78 is 6.49. The lowest BCUT2D eigenvalue weighted by molar-refractivity contribution is -0.258. The van der Waals surface area contributed by atoms with Crippen molar-refractivity contribution in [3.63, 3.8) is 0 Å². The molecule has 0 spiro atoms. The average molecular weight is 519 g/mol. The van der Waals surface area contributed by atoms with Crippen LogP contribution in [0.25, 0.3) is 0 Å². The molecule has 0 aromatic carbocycles. The van der Waals surface area contributed by atoms with Gasteiger partial charge < -0.3 is 25.2 Å². The quantitative estimate of drug-likeness (QED) is 0.404. The van der Waals surface area contributed by atoms with Gasteiger partial charge in [0.15, 0.2) is 0 Å². The van der Waals surface area contributed by atoms with Gasteiger partial charge in [-0.15, -0.1) is 0 Å². The molecule has 0 radical (unpaired) electrons. The fourth-order valence-electron chi connectivity index (χ4n) is 11.4. The largest absolute Gasteiger partial charge is 0.481 e. The van der Waals surface area contributed by atoms with Crippen molar-refractivity contribution < 1.29 is 34.8 Å². The average Bonchev–Trinajstić information content (AvgIpc) is 3.17. The van der Waals surface area contributed by atoms with Crippen LogP contribution < -0.4 is 0 Å².